The predicted octanol–water partition coefficient (Wildman–Crippen LogP) is 1.68. The molecule has 0 saturated heterocycles. The molecular formula is C8H9ClN2O3. The standard InChI is InChI=1S/C8H9ClN2O3/c9-7-2-1-6(3-4-14-10)5-8(7)11(12)13/h1-2,5H,3-4,10H2. The quantitative estimate of drug-likeness (QED) is 0.614. The van der Waals surface area contributed by atoms with Crippen LogP contribution in [-0.4, -0.2) is 11.5 Å². The largest absolute Gasteiger partial charge is 0.304 e. The van der Waals surface area contributed by atoms with Crippen molar-refractivity contribution in [3.63, 3.8) is 0 Å². The van der Waals surface area contributed by atoms with Crippen molar-refractivity contribution in [2.24, 2.45) is 5.90 Å². The van der Waals surface area contributed by atoms with E-state index >= 15 is 0 Å². The molecule has 2 N–H and O–H groups in total. The minimum absolute atomic E-state index is 0.0961. The fraction of sp³-hybridized carbons (Fsp3) is 0.250. The highest BCUT2D eigenvalue weighted by atomic mass is 35.5. The molecule has 0 aliphatic heterocycles. The highest BCUT2D eigenvalue weighted by Gasteiger charge is 2.12. The first-order valence-electron chi connectivity index (χ1n) is 3.89. The summed E-state index contributed by atoms with van der Waals surface area (Å²) in [6.07, 6.45) is 0.522. The Hall–Kier alpha value is -1.17. The zero-order chi connectivity index (χ0) is 10.6. The molecule has 1 aromatic carbocycles. The molecule has 0 unspecified atom stereocenters. The topological polar surface area (TPSA) is 78.4 Å². The minimum Gasteiger partial charge on any atom is -0.304 e. The number of nitrogens with zero attached hydrogens (tertiary/aromatic N) is 1. The van der Waals surface area contributed by atoms with Crippen LogP contribution in [0.25, 0.3) is 0 Å². The molecule has 1 rings (SSSR count). The van der Waals surface area contributed by atoms with E-state index in [0.29, 0.717) is 13.0 Å². The third kappa shape index (κ3) is 2.66. The number of rotatable bonds is 4. The van der Waals surface area contributed by atoms with Crippen LogP contribution in [-0.2, 0) is 11.3 Å². The third-order valence-corrected chi connectivity index (χ3v) is 2.04. The zero-order valence-corrected chi connectivity index (χ0v) is 8.03. The van der Waals surface area contributed by atoms with Crippen LogP contribution in [0.2, 0.25) is 5.02 Å². The molecule has 0 radical (unpaired) electrons. The van der Waals surface area contributed by atoms with E-state index in [1.165, 1.54) is 12.1 Å². The van der Waals surface area contributed by atoms with Gasteiger partial charge in [-0.1, -0.05) is 17.7 Å². The maximum Gasteiger partial charge on any atom is 0.288 e. The van der Waals surface area contributed by atoms with Gasteiger partial charge in [-0.15, -0.1) is 0 Å². The monoisotopic (exact) mass is 216 g/mol. The molecule has 76 valence electrons. The molecule has 0 saturated carbocycles. The molecule has 0 aromatic heterocycles. The van der Waals surface area contributed by atoms with Crippen LogP contribution < -0.4 is 5.90 Å². The Bertz CT molecular complexity index is 343. The molecule has 6 heteroatoms. The molecule has 0 bridgehead atoms. The van der Waals surface area contributed by atoms with Gasteiger partial charge in [-0.05, 0) is 18.1 Å². The number of nitro benzene ring substituents is 1. The first-order valence-corrected chi connectivity index (χ1v) is 4.27. The van der Waals surface area contributed by atoms with Crippen molar-refractivity contribution in [1.82, 2.24) is 0 Å². The van der Waals surface area contributed by atoms with Crippen molar-refractivity contribution >= 4 is 17.3 Å². The van der Waals surface area contributed by atoms with Gasteiger partial charge in [0.15, 0.2) is 0 Å². The molecule has 0 aliphatic carbocycles. The lowest BCUT2D eigenvalue weighted by Crippen LogP contribution is -2.04. The molecule has 0 aliphatic rings. The van der Waals surface area contributed by atoms with E-state index in [2.05, 4.69) is 4.84 Å². The second kappa shape index (κ2) is 4.90. The van der Waals surface area contributed by atoms with Gasteiger partial charge in [0.25, 0.3) is 5.69 Å². The molecule has 1 aromatic rings. The van der Waals surface area contributed by atoms with Gasteiger partial charge < -0.3 is 4.84 Å². The van der Waals surface area contributed by atoms with E-state index in [0.717, 1.165) is 5.56 Å². The van der Waals surface area contributed by atoms with Gasteiger partial charge in [-0.25, -0.2) is 5.90 Å². The minimum atomic E-state index is -0.519. The number of hydrogen-bond acceptors (Lipinski definition) is 4. The summed E-state index contributed by atoms with van der Waals surface area (Å²) in [5.41, 5.74) is 0.674. The SMILES string of the molecule is NOCCc1ccc(Cl)c([N+](=O)[O-])c1. The normalized spacial score (nSPS) is 10.1. The number of hydrogen-bond donors (Lipinski definition) is 1. The van der Waals surface area contributed by atoms with Gasteiger partial charge in [0.05, 0.1) is 11.5 Å². The average Bonchev–Trinajstić information content (AvgIpc) is 2.16. The van der Waals surface area contributed by atoms with Crippen LogP contribution in [0.15, 0.2) is 18.2 Å². The molecule has 0 atom stereocenters. The smallest absolute Gasteiger partial charge is 0.288 e. The Morgan fingerprint density at radius 1 is 1.57 bits per heavy atom. The van der Waals surface area contributed by atoms with E-state index in [1.807, 2.05) is 0 Å². The van der Waals surface area contributed by atoms with E-state index in [-0.39, 0.29) is 10.7 Å². The van der Waals surface area contributed by atoms with Crippen LogP contribution in [0.3, 0.4) is 0 Å². The van der Waals surface area contributed by atoms with Gasteiger partial charge >= 0.3 is 0 Å². The van der Waals surface area contributed by atoms with Crippen molar-refractivity contribution in [3.05, 3.63) is 38.9 Å². The maximum atomic E-state index is 10.5. The molecule has 0 fully saturated rings. The van der Waals surface area contributed by atoms with Crippen LogP contribution >= 0.6 is 11.6 Å². The van der Waals surface area contributed by atoms with Crippen molar-refractivity contribution in [3.8, 4) is 0 Å². The predicted molar refractivity (Wildman–Crippen MR) is 51.9 cm³/mol. The van der Waals surface area contributed by atoms with Crippen LogP contribution in [0.4, 0.5) is 5.69 Å². The fourth-order valence-electron chi connectivity index (χ4n) is 1.03. The first kappa shape index (κ1) is 10.9. The van der Waals surface area contributed by atoms with Gasteiger partial charge in [0.2, 0.25) is 0 Å². The highest BCUT2D eigenvalue weighted by molar-refractivity contribution is 6.32. The van der Waals surface area contributed by atoms with E-state index in [1.54, 1.807) is 6.07 Å². The van der Waals surface area contributed by atoms with E-state index < -0.39 is 4.92 Å². The molecule has 0 amide bonds. The average molecular weight is 217 g/mol. The third-order valence-electron chi connectivity index (χ3n) is 1.72. The fourth-order valence-corrected chi connectivity index (χ4v) is 1.22. The van der Waals surface area contributed by atoms with Gasteiger partial charge in [0.1, 0.15) is 5.02 Å². The number of benzene rings is 1. The summed E-state index contributed by atoms with van der Waals surface area (Å²) in [5.74, 6) is 4.84. The van der Waals surface area contributed by atoms with Crippen LogP contribution in [0.5, 0.6) is 0 Å². The molecule has 0 spiro atoms. The van der Waals surface area contributed by atoms with Gasteiger partial charge in [-0.3, -0.25) is 10.1 Å². The van der Waals surface area contributed by atoms with Crippen molar-refractivity contribution < 1.29 is 9.76 Å². The molecule has 5 nitrogen and oxygen atoms in total. The molecule has 0 heterocycles. The van der Waals surface area contributed by atoms with Gasteiger partial charge in [-0.2, -0.15) is 0 Å². The number of nitro groups is 1. The summed E-state index contributed by atoms with van der Waals surface area (Å²) >= 11 is 5.63. The summed E-state index contributed by atoms with van der Waals surface area (Å²) in [6.45, 7) is 0.318. The van der Waals surface area contributed by atoms with Crippen molar-refractivity contribution in [1.29, 1.82) is 0 Å². The molecule has 14 heavy (non-hydrogen) atoms. The second-order valence-electron chi connectivity index (χ2n) is 2.66. The Balaban J connectivity index is 2.89. The van der Waals surface area contributed by atoms with Crippen molar-refractivity contribution in [2.75, 3.05) is 6.61 Å². The Kier molecular flexibility index (Phi) is 3.82. The summed E-state index contributed by atoms with van der Waals surface area (Å²) in [4.78, 5) is 14.4. The summed E-state index contributed by atoms with van der Waals surface area (Å²) in [6, 6.07) is 4.61. The lowest BCUT2D eigenvalue weighted by Gasteiger charge is -2.00. The van der Waals surface area contributed by atoms with Crippen LogP contribution in [0, 0.1) is 10.1 Å². The van der Waals surface area contributed by atoms with E-state index in [9.17, 15) is 10.1 Å². The second-order valence-corrected chi connectivity index (χ2v) is 3.07. The Morgan fingerprint density at radius 2 is 2.29 bits per heavy atom. The zero-order valence-electron chi connectivity index (χ0n) is 7.27. The van der Waals surface area contributed by atoms with E-state index in [4.69, 9.17) is 17.5 Å². The summed E-state index contributed by atoms with van der Waals surface area (Å²) in [7, 11) is 0. The Morgan fingerprint density at radius 3 is 2.86 bits per heavy atom. The van der Waals surface area contributed by atoms with Crippen LogP contribution in [0.1, 0.15) is 5.56 Å². The number of halogens is 1. The molecular weight excluding hydrogens is 208 g/mol. The summed E-state index contributed by atoms with van der Waals surface area (Å²) < 4.78 is 0. The lowest BCUT2D eigenvalue weighted by molar-refractivity contribution is -0.384. The lowest BCUT2D eigenvalue weighted by atomic mass is 10.1. The number of nitrogens with two attached hydrogens (primary N) is 1. The maximum absolute atomic E-state index is 10.5. The van der Waals surface area contributed by atoms with Gasteiger partial charge in [0, 0.05) is 6.07 Å². The highest BCUT2D eigenvalue weighted by Crippen LogP contribution is 2.25. The summed E-state index contributed by atoms with van der Waals surface area (Å²) in [5, 5.41) is 10.6. The Labute approximate surface area is 85.5 Å². The van der Waals surface area contributed by atoms with Crippen molar-refractivity contribution in [2.45, 2.75) is 6.42 Å². The first-order chi connectivity index (χ1) is 6.65.